The number of hydrogen-bond acceptors (Lipinski definition) is 5. The van der Waals surface area contributed by atoms with Gasteiger partial charge in [-0.2, -0.15) is 5.10 Å². The largest absolute Gasteiger partial charge is 0.343 e. The third-order valence-corrected chi connectivity index (χ3v) is 3.86. The molecule has 25 heavy (non-hydrogen) atoms. The fourth-order valence-corrected chi connectivity index (χ4v) is 2.60. The van der Waals surface area contributed by atoms with Crippen LogP contribution in [0.2, 0.25) is 0 Å². The molecule has 1 atom stereocenters. The second-order valence-corrected chi connectivity index (χ2v) is 6.18. The first kappa shape index (κ1) is 16.8. The molecule has 0 aliphatic heterocycles. The van der Waals surface area contributed by atoms with Crippen molar-refractivity contribution in [2.75, 3.05) is 0 Å². The lowest BCUT2D eigenvalue weighted by Crippen LogP contribution is -2.27. The van der Waals surface area contributed by atoms with Crippen LogP contribution in [0, 0.1) is 0 Å². The summed E-state index contributed by atoms with van der Waals surface area (Å²) in [5, 5.41) is 9.92. The van der Waals surface area contributed by atoms with Gasteiger partial charge in [0.05, 0.1) is 24.0 Å². The lowest BCUT2D eigenvalue weighted by Gasteiger charge is -2.11. The lowest BCUT2D eigenvalue weighted by atomic mass is 10.2. The van der Waals surface area contributed by atoms with E-state index in [1.165, 1.54) is 6.33 Å². The van der Waals surface area contributed by atoms with Gasteiger partial charge >= 0.3 is 0 Å². The van der Waals surface area contributed by atoms with Gasteiger partial charge in [0.25, 0.3) is 5.91 Å². The first-order valence-electron chi connectivity index (χ1n) is 8.16. The van der Waals surface area contributed by atoms with Gasteiger partial charge in [0.1, 0.15) is 17.8 Å². The number of rotatable bonds is 6. The number of hydrogen-bond donors (Lipinski definition) is 2. The van der Waals surface area contributed by atoms with Gasteiger partial charge in [-0.05, 0) is 19.1 Å². The van der Waals surface area contributed by atoms with Gasteiger partial charge in [-0.15, -0.1) is 0 Å². The summed E-state index contributed by atoms with van der Waals surface area (Å²) in [6, 6.07) is 3.30. The van der Waals surface area contributed by atoms with E-state index in [2.05, 4.69) is 44.3 Å². The summed E-state index contributed by atoms with van der Waals surface area (Å²) < 4.78 is 2.05. The van der Waals surface area contributed by atoms with E-state index in [0.29, 0.717) is 18.2 Å². The van der Waals surface area contributed by atoms with Gasteiger partial charge in [-0.3, -0.25) is 9.89 Å². The maximum absolute atomic E-state index is 12.4. The maximum atomic E-state index is 12.4. The van der Waals surface area contributed by atoms with E-state index < -0.39 is 0 Å². The number of nitrogens with one attached hydrogen (secondary N) is 2. The molecular formula is C17H21N7O. The normalized spacial score (nSPS) is 12.3. The van der Waals surface area contributed by atoms with Gasteiger partial charge in [0, 0.05) is 24.5 Å². The zero-order chi connectivity index (χ0) is 17.8. The molecule has 3 heterocycles. The molecule has 0 aliphatic carbocycles. The van der Waals surface area contributed by atoms with Crippen molar-refractivity contribution in [1.29, 1.82) is 0 Å². The molecule has 8 heteroatoms. The van der Waals surface area contributed by atoms with E-state index in [-0.39, 0.29) is 11.9 Å². The molecule has 130 valence electrons. The molecule has 0 fully saturated rings. The summed E-state index contributed by atoms with van der Waals surface area (Å²) in [5.74, 6) is 1.08. The summed E-state index contributed by atoms with van der Waals surface area (Å²) >= 11 is 0. The van der Waals surface area contributed by atoms with Crippen LogP contribution in [0.3, 0.4) is 0 Å². The van der Waals surface area contributed by atoms with E-state index in [4.69, 9.17) is 0 Å². The minimum atomic E-state index is -0.247. The van der Waals surface area contributed by atoms with Crippen molar-refractivity contribution in [1.82, 2.24) is 35.0 Å². The van der Waals surface area contributed by atoms with Crippen LogP contribution in [0.15, 0.2) is 37.1 Å². The summed E-state index contributed by atoms with van der Waals surface area (Å²) in [6.45, 7) is 6.65. The van der Waals surface area contributed by atoms with Crippen molar-refractivity contribution in [3.8, 4) is 0 Å². The molecule has 2 N–H and O–H groups in total. The van der Waals surface area contributed by atoms with Crippen molar-refractivity contribution >= 4 is 5.91 Å². The standard InChI is InChI=1S/C17H21N7O/c1-11(2)16-19-6-7-24(16)9-13-8-15(23-22-13)17(25)21-12(3)14-4-5-18-10-20-14/h4-8,10-12H,9H2,1-3H3,(H,21,25)(H,22,23). The molecule has 0 saturated carbocycles. The first-order chi connectivity index (χ1) is 12.0. The Balaban J connectivity index is 1.66. The van der Waals surface area contributed by atoms with E-state index >= 15 is 0 Å². The Bertz CT molecular complexity index is 838. The SMILES string of the molecule is CC(C)c1nccn1Cc1cc(C(=O)NC(C)c2ccncn2)n[nH]1. The smallest absolute Gasteiger partial charge is 0.272 e. The van der Waals surface area contributed by atoms with Gasteiger partial charge in [0.15, 0.2) is 0 Å². The molecular weight excluding hydrogens is 318 g/mol. The Hall–Kier alpha value is -3.03. The van der Waals surface area contributed by atoms with Crippen molar-refractivity contribution in [2.45, 2.75) is 39.3 Å². The number of H-pyrrole nitrogens is 1. The van der Waals surface area contributed by atoms with Crippen LogP contribution in [-0.4, -0.2) is 35.6 Å². The molecule has 0 aliphatic rings. The molecule has 3 aromatic rings. The van der Waals surface area contributed by atoms with E-state index in [9.17, 15) is 4.79 Å². The summed E-state index contributed by atoms with van der Waals surface area (Å²) in [7, 11) is 0. The third-order valence-electron chi connectivity index (χ3n) is 3.86. The number of nitrogens with zero attached hydrogens (tertiary/aromatic N) is 5. The van der Waals surface area contributed by atoms with Crippen LogP contribution in [0.25, 0.3) is 0 Å². The van der Waals surface area contributed by atoms with Gasteiger partial charge in [-0.1, -0.05) is 13.8 Å². The zero-order valence-corrected chi connectivity index (χ0v) is 14.5. The van der Waals surface area contributed by atoms with Crippen molar-refractivity contribution in [3.05, 3.63) is 60.0 Å². The molecule has 0 spiro atoms. The predicted octanol–water partition coefficient (Wildman–Crippen LogP) is 2.06. The third kappa shape index (κ3) is 3.90. The van der Waals surface area contributed by atoms with Crippen LogP contribution in [0.4, 0.5) is 0 Å². The Labute approximate surface area is 145 Å². The van der Waals surface area contributed by atoms with E-state index in [1.54, 1.807) is 24.5 Å². The van der Waals surface area contributed by atoms with Gasteiger partial charge in [0.2, 0.25) is 0 Å². The van der Waals surface area contributed by atoms with Crippen molar-refractivity contribution in [3.63, 3.8) is 0 Å². The van der Waals surface area contributed by atoms with Crippen LogP contribution < -0.4 is 5.32 Å². The minimum Gasteiger partial charge on any atom is -0.343 e. The monoisotopic (exact) mass is 339 g/mol. The number of aromatic nitrogens is 6. The number of imidazole rings is 1. The van der Waals surface area contributed by atoms with Crippen LogP contribution in [0.1, 0.15) is 60.4 Å². The average Bonchev–Trinajstić information content (AvgIpc) is 3.25. The highest BCUT2D eigenvalue weighted by Gasteiger charge is 2.16. The summed E-state index contributed by atoms with van der Waals surface area (Å²) in [5.41, 5.74) is 1.95. The van der Waals surface area contributed by atoms with Crippen LogP contribution in [-0.2, 0) is 6.54 Å². The zero-order valence-electron chi connectivity index (χ0n) is 14.5. The topological polar surface area (TPSA) is 101 Å². The average molecular weight is 339 g/mol. The van der Waals surface area contributed by atoms with Gasteiger partial charge in [-0.25, -0.2) is 15.0 Å². The first-order valence-corrected chi connectivity index (χ1v) is 8.16. The van der Waals surface area contributed by atoms with Crippen molar-refractivity contribution < 1.29 is 4.79 Å². The molecule has 0 saturated heterocycles. The van der Waals surface area contributed by atoms with Crippen LogP contribution in [0.5, 0.6) is 0 Å². The van der Waals surface area contributed by atoms with Crippen molar-refractivity contribution in [2.24, 2.45) is 0 Å². The molecule has 3 rings (SSSR count). The molecule has 0 bridgehead atoms. The van der Waals surface area contributed by atoms with Crippen LogP contribution >= 0.6 is 0 Å². The fraction of sp³-hybridized carbons (Fsp3) is 0.353. The van der Waals surface area contributed by atoms with Gasteiger partial charge < -0.3 is 9.88 Å². The Morgan fingerprint density at radius 1 is 1.28 bits per heavy atom. The second kappa shape index (κ2) is 7.25. The minimum absolute atomic E-state index is 0.225. The second-order valence-electron chi connectivity index (χ2n) is 6.18. The Morgan fingerprint density at radius 2 is 2.12 bits per heavy atom. The summed E-state index contributed by atoms with van der Waals surface area (Å²) in [6.07, 6.45) is 6.81. The van der Waals surface area contributed by atoms with E-state index in [0.717, 1.165) is 17.2 Å². The molecule has 0 radical (unpaired) electrons. The highest BCUT2D eigenvalue weighted by Crippen LogP contribution is 2.14. The number of amides is 1. The number of carbonyl (C=O) groups excluding carboxylic acids is 1. The maximum Gasteiger partial charge on any atom is 0.272 e. The lowest BCUT2D eigenvalue weighted by molar-refractivity contribution is 0.0934. The fourth-order valence-electron chi connectivity index (χ4n) is 2.60. The number of carbonyl (C=O) groups is 1. The highest BCUT2D eigenvalue weighted by molar-refractivity contribution is 5.92. The molecule has 1 unspecified atom stereocenters. The molecule has 0 aromatic carbocycles. The Morgan fingerprint density at radius 3 is 2.84 bits per heavy atom. The molecule has 3 aromatic heterocycles. The van der Waals surface area contributed by atoms with E-state index in [1.807, 2.05) is 17.7 Å². The number of aromatic amines is 1. The molecule has 8 nitrogen and oxygen atoms in total. The quantitative estimate of drug-likeness (QED) is 0.716. The molecule has 1 amide bonds. The highest BCUT2D eigenvalue weighted by atomic mass is 16.2. The summed E-state index contributed by atoms with van der Waals surface area (Å²) in [4.78, 5) is 24.7. The Kier molecular flexibility index (Phi) is 4.87. The predicted molar refractivity (Wildman–Crippen MR) is 91.9 cm³/mol.